The highest BCUT2D eigenvalue weighted by molar-refractivity contribution is 5.89. The number of carbonyl (C=O) groups is 1. The number of pyridine rings is 1. The fourth-order valence-electron chi connectivity index (χ4n) is 3.64. The van der Waals surface area contributed by atoms with Crippen LogP contribution in [0.1, 0.15) is 17.3 Å². The highest BCUT2D eigenvalue weighted by Crippen LogP contribution is 2.30. The van der Waals surface area contributed by atoms with Crippen LogP contribution >= 0.6 is 0 Å². The van der Waals surface area contributed by atoms with E-state index >= 15 is 0 Å². The van der Waals surface area contributed by atoms with Gasteiger partial charge in [-0.1, -0.05) is 6.92 Å². The Labute approximate surface area is 178 Å². The third-order valence-electron chi connectivity index (χ3n) is 5.31. The summed E-state index contributed by atoms with van der Waals surface area (Å²) in [6.45, 7) is 4.54. The number of ether oxygens (including phenoxy) is 2. The van der Waals surface area contributed by atoms with Gasteiger partial charge in [-0.15, -0.1) is 5.10 Å². The first-order valence-corrected chi connectivity index (χ1v) is 9.94. The molecular weight excluding hydrogens is 396 g/mol. The molecule has 0 spiro atoms. The highest BCUT2D eigenvalue weighted by Gasteiger charge is 2.34. The van der Waals surface area contributed by atoms with E-state index in [1.807, 2.05) is 35.4 Å². The molecule has 0 saturated carbocycles. The van der Waals surface area contributed by atoms with Crippen molar-refractivity contribution >= 4 is 23.3 Å². The Morgan fingerprint density at radius 1 is 1.26 bits per heavy atom. The summed E-state index contributed by atoms with van der Waals surface area (Å²) in [5, 5.41) is 12.2. The van der Waals surface area contributed by atoms with Crippen LogP contribution in [0.3, 0.4) is 0 Å². The van der Waals surface area contributed by atoms with E-state index in [1.165, 1.54) is 7.11 Å². The predicted octanol–water partition coefficient (Wildman–Crippen LogP) is 3.16. The molecule has 4 heterocycles. The van der Waals surface area contributed by atoms with E-state index in [0.29, 0.717) is 11.5 Å². The van der Waals surface area contributed by atoms with Crippen LogP contribution in [0.5, 0.6) is 0 Å². The Kier molecular flexibility index (Phi) is 4.67. The van der Waals surface area contributed by atoms with Crippen LogP contribution in [-0.4, -0.2) is 50.7 Å². The Hall–Kier alpha value is -3.72. The molecule has 0 atom stereocenters. The van der Waals surface area contributed by atoms with Crippen LogP contribution in [0.4, 0.5) is 11.6 Å². The van der Waals surface area contributed by atoms with E-state index in [1.54, 1.807) is 28.8 Å². The number of benzene rings is 1. The molecular formula is C22H22N6O3. The van der Waals surface area contributed by atoms with Crippen molar-refractivity contribution in [2.24, 2.45) is 5.41 Å². The average molecular weight is 418 g/mol. The van der Waals surface area contributed by atoms with E-state index in [4.69, 9.17) is 9.47 Å². The van der Waals surface area contributed by atoms with Crippen LogP contribution < -0.4 is 5.32 Å². The number of esters is 1. The lowest BCUT2D eigenvalue weighted by Gasteiger charge is -2.37. The van der Waals surface area contributed by atoms with Gasteiger partial charge in [-0.2, -0.15) is 10.1 Å². The van der Waals surface area contributed by atoms with Gasteiger partial charge in [0.15, 0.2) is 5.65 Å². The van der Waals surface area contributed by atoms with Crippen molar-refractivity contribution in [2.45, 2.75) is 13.5 Å². The van der Waals surface area contributed by atoms with Crippen molar-refractivity contribution in [2.75, 3.05) is 25.6 Å². The number of nitrogens with one attached hydrogen (secondary N) is 1. The second-order valence-electron chi connectivity index (χ2n) is 8.05. The molecule has 1 fully saturated rings. The zero-order chi connectivity index (χ0) is 21.4. The Morgan fingerprint density at radius 2 is 2.06 bits per heavy atom. The van der Waals surface area contributed by atoms with Crippen LogP contribution in [-0.2, 0) is 16.0 Å². The van der Waals surface area contributed by atoms with Crippen molar-refractivity contribution in [3.8, 4) is 11.1 Å². The van der Waals surface area contributed by atoms with Gasteiger partial charge in [0.2, 0.25) is 5.95 Å². The lowest BCUT2D eigenvalue weighted by Crippen LogP contribution is -2.43. The number of methoxy groups -OCH3 is 1. The smallest absolute Gasteiger partial charge is 0.337 e. The number of carbonyl (C=O) groups excluding carboxylic acids is 1. The first kappa shape index (κ1) is 19.3. The fourth-order valence-corrected chi connectivity index (χ4v) is 3.64. The zero-order valence-corrected chi connectivity index (χ0v) is 17.3. The average Bonchev–Trinajstić information content (AvgIpc) is 3.38. The summed E-state index contributed by atoms with van der Waals surface area (Å²) >= 11 is 0. The molecule has 0 bridgehead atoms. The number of anilines is 2. The number of hydrogen-bond acceptors (Lipinski definition) is 7. The first-order chi connectivity index (χ1) is 15.0. The number of rotatable bonds is 6. The van der Waals surface area contributed by atoms with Crippen LogP contribution in [0.15, 0.2) is 55.0 Å². The van der Waals surface area contributed by atoms with Crippen LogP contribution in [0.2, 0.25) is 0 Å². The SMILES string of the molecule is COC(=O)c1ccc(Nc2nc3c(-c4cnn(CC5(C)COC5)c4)cccn3n2)cc1. The van der Waals surface area contributed by atoms with Gasteiger partial charge in [-0.05, 0) is 36.4 Å². The molecule has 4 aromatic rings. The minimum absolute atomic E-state index is 0.144. The van der Waals surface area contributed by atoms with E-state index in [2.05, 4.69) is 27.4 Å². The summed E-state index contributed by atoms with van der Waals surface area (Å²) < 4.78 is 13.8. The number of aromatic nitrogens is 5. The Morgan fingerprint density at radius 3 is 2.77 bits per heavy atom. The molecule has 9 nitrogen and oxygen atoms in total. The molecule has 1 aliphatic rings. The highest BCUT2D eigenvalue weighted by atomic mass is 16.5. The molecule has 158 valence electrons. The number of nitrogens with zero attached hydrogens (tertiary/aromatic N) is 5. The second-order valence-corrected chi connectivity index (χ2v) is 8.05. The van der Waals surface area contributed by atoms with E-state index in [9.17, 15) is 4.79 Å². The Bertz CT molecular complexity index is 1240. The van der Waals surface area contributed by atoms with Gasteiger partial charge < -0.3 is 14.8 Å². The van der Waals surface area contributed by atoms with Gasteiger partial charge in [0, 0.05) is 34.6 Å². The second kappa shape index (κ2) is 7.51. The van der Waals surface area contributed by atoms with Gasteiger partial charge in [-0.3, -0.25) is 4.68 Å². The molecule has 9 heteroatoms. The molecule has 0 unspecified atom stereocenters. The maximum absolute atomic E-state index is 11.6. The van der Waals surface area contributed by atoms with E-state index in [-0.39, 0.29) is 11.4 Å². The van der Waals surface area contributed by atoms with Crippen molar-refractivity contribution in [3.63, 3.8) is 0 Å². The molecule has 1 N–H and O–H groups in total. The quantitative estimate of drug-likeness (QED) is 0.481. The molecule has 0 radical (unpaired) electrons. The summed E-state index contributed by atoms with van der Waals surface area (Å²) in [5.74, 6) is 0.0891. The molecule has 1 aliphatic heterocycles. The van der Waals surface area contributed by atoms with Gasteiger partial charge in [-0.25, -0.2) is 9.31 Å². The maximum atomic E-state index is 11.6. The molecule has 31 heavy (non-hydrogen) atoms. The topological polar surface area (TPSA) is 95.6 Å². The third kappa shape index (κ3) is 3.75. The third-order valence-corrected chi connectivity index (χ3v) is 5.31. The maximum Gasteiger partial charge on any atom is 0.337 e. The summed E-state index contributed by atoms with van der Waals surface area (Å²) in [5.41, 5.74) is 4.06. The van der Waals surface area contributed by atoms with Crippen LogP contribution in [0, 0.1) is 5.41 Å². The van der Waals surface area contributed by atoms with Crippen molar-refractivity contribution < 1.29 is 14.3 Å². The van der Waals surface area contributed by atoms with E-state index in [0.717, 1.165) is 42.2 Å². The lowest BCUT2D eigenvalue weighted by atomic mass is 9.89. The molecule has 3 aromatic heterocycles. The van der Waals surface area contributed by atoms with Crippen molar-refractivity contribution in [1.29, 1.82) is 0 Å². The van der Waals surface area contributed by atoms with Gasteiger partial charge in [0.1, 0.15) is 0 Å². The zero-order valence-electron chi connectivity index (χ0n) is 17.3. The fraction of sp³-hybridized carbons (Fsp3) is 0.273. The van der Waals surface area contributed by atoms with Gasteiger partial charge in [0.05, 0.1) is 38.6 Å². The summed E-state index contributed by atoms with van der Waals surface area (Å²) in [4.78, 5) is 16.2. The molecule has 1 saturated heterocycles. The lowest BCUT2D eigenvalue weighted by molar-refractivity contribution is -0.111. The minimum Gasteiger partial charge on any atom is -0.465 e. The van der Waals surface area contributed by atoms with Gasteiger partial charge in [0.25, 0.3) is 0 Å². The van der Waals surface area contributed by atoms with E-state index < -0.39 is 0 Å². The number of fused-ring (bicyclic) bond motifs is 1. The largest absolute Gasteiger partial charge is 0.465 e. The molecule has 1 aromatic carbocycles. The number of hydrogen-bond donors (Lipinski definition) is 1. The summed E-state index contributed by atoms with van der Waals surface area (Å²) in [6.07, 6.45) is 5.74. The monoisotopic (exact) mass is 418 g/mol. The van der Waals surface area contributed by atoms with Crippen LogP contribution in [0.25, 0.3) is 16.8 Å². The Balaban J connectivity index is 1.39. The summed E-state index contributed by atoms with van der Waals surface area (Å²) in [7, 11) is 1.36. The minimum atomic E-state index is -0.374. The molecule has 0 aliphatic carbocycles. The van der Waals surface area contributed by atoms with Crippen molar-refractivity contribution in [1.82, 2.24) is 24.4 Å². The summed E-state index contributed by atoms with van der Waals surface area (Å²) in [6, 6.07) is 10.9. The van der Waals surface area contributed by atoms with Gasteiger partial charge >= 0.3 is 5.97 Å². The molecule has 0 amide bonds. The normalized spacial score (nSPS) is 14.9. The predicted molar refractivity (Wildman–Crippen MR) is 114 cm³/mol. The standard InChI is InChI=1S/C22H22N6O3/c1-22(13-31-14-22)12-27-11-16(10-23-27)18-4-3-9-28-19(18)25-21(26-28)24-17-7-5-15(6-8-17)20(29)30-2/h3-11H,12-14H2,1-2H3,(H,24,26). The first-order valence-electron chi connectivity index (χ1n) is 9.94. The molecule has 5 rings (SSSR count). The van der Waals surface area contributed by atoms with Crippen molar-refractivity contribution in [3.05, 3.63) is 60.6 Å².